The molecule has 2 aromatic rings. The molecule has 0 saturated heterocycles. The van der Waals surface area contributed by atoms with E-state index in [1.807, 2.05) is 37.3 Å². The predicted octanol–water partition coefficient (Wildman–Crippen LogP) is 4.59. The molecule has 0 unspecified atom stereocenters. The molecule has 94 valence electrons. The van der Waals surface area contributed by atoms with Gasteiger partial charge in [-0.25, -0.2) is 0 Å². The van der Waals surface area contributed by atoms with E-state index in [4.69, 9.17) is 0 Å². The van der Waals surface area contributed by atoms with Crippen LogP contribution in [0.1, 0.15) is 46.4 Å². The summed E-state index contributed by atoms with van der Waals surface area (Å²) < 4.78 is 0. The molecule has 1 heterocycles. The molecule has 0 bridgehead atoms. The fourth-order valence-electron chi connectivity index (χ4n) is 1.71. The SMILES string of the molecule is Cc1ccc(C(=O)c2ccc(C(C)(C)C)s2)cc1. The summed E-state index contributed by atoms with van der Waals surface area (Å²) in [5, 5.41) is 0. The second-order valence-corrected chi connectivity index (χ2v) is 6.69. The number of carbonyl (C=O) groups is 1. The summed E-state index contributed by atoms with van der Waals surface area (Å²) in [4.78, 5) is 14.4. The predicted molar refractivity (Wildman–Crippen MR) is 77.6 cm³/mol. The Morgan fingerprint density at radius 3 is 2.11 bits per heavy atom. The molecule has 1 nitrogen and oxygen atoms in total. The highest BCUT2D eigenvalue weighted by molar-refractivity contribution is 7.14. The minimum atomic E-state index is 0.108. The van der Waals surface area contributed by atoms with Gasteiger partial charge >= 0.3 is 0 Å². The molecule has 2 heteroatoms. The Bertz CT molecular complexity index is 556. The number of benzene rings is 1. The normalized spacial score (nSPS) is 11.6. The largest absolute Gasteiger partial charge is 0.288 e. The first-order valence-electron chi connectivity index (χ1n) is 6.09. The summed E-state index contributed by atoms with van der Waals surface area (Å²) >= 11 is 1.60. The van der Waals surface area contributed by atoms with Crippen molar-refractivity contribution in [2.24, 2.45) is 0 Å². The molecule has 0 aliphatic heterocycles. The first-order valence-corrected chi connectivity index (χ1v) is 6.91. The lowest BCUT2D eigenvalue weighted by Gasteiger charge is -2.15. The Morgan fingerprint density at radius 1 is 1.00 bits per heavy atom. The average Bonchev–Trinajstić information content (AvgIpc) is 2.78. The van der Waals surface area contributed by atoms with Gasteiger partial charge in [0, 0.05) is 10.4 Å². The summed E-state index contributed by atoms with van der Waals surface area (Å²) in [6.07, 6.45) is 0. The van der Waals surface area contributed by atoms with Crippen molar-refractivity contribution in [3.05, 3.63) is 57.3 Å². The minimum absolute atomic E-state index is 0.108. The van der Waals surface area contributed by atoms with Crippen LogP contribution in [0.3, 0.4) is 0 Å². The monoisotopic (exact) mass is 258 g/mol. The fourth-order valence-corrected chi connectivity index (χ4v) is 2.74. The fraction of sp³-hybridized carbons (Fsp3) is 0.312. The van der Waals surface area contributed by atoms with Gasteiger partial charge in [0.05, 0.1) is 4.88 Å². The molecule has 18 heavy (non-hydrogen) atoms. The molecule has 1 aromatic carbocycles. The highest BCUT2D eigenvalue weighted by atomic mass is 32.1. The first-order chi connectivity index (χ1) is 8.38. The van der Waals surface area contributed by atoms with Gasteiger partial charge in [0.2, 0.25) is 5.78 Å². The van der Waals surface area contributed by atoms with Gasteiger partial charge in [-0.15, -0.1) is 11.3 Å². The van der Waals surface area contributed by atoms with Crippen LogP contribution in [0.15, 0.2) is 36.4 Å². The van der Waals surface area contributed by atoms with E-state index < -0.39 is 0 Å². The highest BCUT2D eigenvalue weighted by Gasteiger charge is 2.19. The second kappa shape index (κ2) is 4.69. The van der Waals surface area contributed by atoms with Crippen molar-refractivity contribution in [1.82, 2.24) is 0 Å². The molecule has 0 saturated carbocycles. The van der Waals surface area contributed by atoms with Gasteiger partial charge in [-0.1, -0.05) is 50.6 Å². The standard InChI is InChI=1S/C16H18OS/c1-11-5-7-12(8-6-11)15(17)13-9-10-14(18-13)16(2,3)4/h5-10H,1-4H3. The number of rotatable bonds is 2. The van der Waals surface area contributed by atoms with Crippen molar-refractivity contribution < 1.29 is 4.79 Å². The van der Waals surface area contributed by atoms with Crippen LogP contribution in [-0.4, -0.2) is 5.78 Å². The van der Waals surface area contributed by atoms with Gasteiger partial charge in [-0.2, -0.15) is 0 Å². The zero-order chi connectivity index (χ0) is 13.3. The Labute approximate surface area is 112 Å². The molecule has 0 fully saturated rings. The molecular weight excluding hydrogens is 240 g/mol. The Hall–Kier alpha value is -1.41. The van der Waals surface area contributed by atoms with Gasteiger partial charge in [0.1, 0.15) is 0 Å². The van der Waals surface area contributed by atoms with Crippen molar-refractivity contribution in [2.75, 3.05) is 0 Å². The van der Waals surface area contributed by atoms with Crippen LogP contribution in [0.25, 0.3) is 0 Å². The van der Waals surface area contributed by atoms with Crippen molar-refractivity contribution in [3.8, 4) is 0 Å². The topological polar surface area (TPSA) is 17.1 Å². The van der Waals surface area contributed by atoms with E-state index in [0.29, 0.717) is 0 Å². The zero-order valence-corrected chi connectivity index (χ0v) is 12.1. The molecule has 0 aliphatic rings. The summed E-state index contributed by atoms with van der Waals surface area (Å²) in [6, 6.07) is 11.7. The van der Waals surface area contributed by atoms with E-state index in [9.17, 15) is 4.79 Å². The summed E-state index contributed by atoms with van der Waals surface area (Å²) in [5.41, 5.74) is 2.05. The van der Waals surface area contributed by atoms with Crippen LogP contribution < -0.4 is 0 Å². The number of hydrogen-bond acceptors (Lipinski definition) is 2. The maximum atomic E-state index is 12.3. The Kier molecular flexibility index (Phi) is 3.40. The van der Waals surface area contributed by atoms with Gasteiger partial charge in [-0.05, 0) is 24.5 Å². The van der Waals surface area contributed by atoms with E-state index >= 15 is 0 Å². The number of hydrogen-bond donors (Lipinski definition) is 0. The lowest BCUT2D eigenvalue weighted by molar-refractivity contribution is 0.104. The average molecular weight is 258 g/mol. The molecule has 0 spiro atoms. The maximum Gasteiger partial charge on any atom is 0.202 e. The summed E-state index contributed by atoms with van der Waals surface area (Å²) in [6.45, 7) is 8.52. The first kappa shape index (κ1) is 13.0. The maximum absolute atomic E-state index is 12.3. The van der Waals surface area contributed by atoms with Crippen molar-refractivity contribution in [3.63, 3.8) is 0 Å². The quantitative estimate of drug-likeness (QED) is 0.720. The van der Waals surface area contributed by atoms with Crippen molar-refractivity contribution in [2.45, 2.75) is 33.1 Å². The van der Waals surface area contributed by atoms with Crippen LogP contribution in [-0.2, 0) is 5.41 Å². The van der Waals surface area contributed by atoms with Crippen LogP contribution in [0.5, 0.6) is 0 Å². The third-order valence-corrected chi connectivity index (χ3v) is 4.39. The molecule has 2 rings (SSSR count). The van der Waals surface area contributed by atoms with Gasteiger partial charge < -0.3 is 0 Å². The highest BCUT2D eigenvalue weighted by Crippen LogP contribution is 2.30. The minimum Gasteiger partial charge on any atom is -0.288 e. The van der Waals surface area contributed by atoms with E-state index in [2.05, 4.69) is 26.8 Å². The second-order valence-electron chi connectivity index (χ2n) is 5.61. The van der Waals surface area contributed by atoms with Gasteiger partial charge in [-0.3, -0.25) is 4.79 Å². The number of thiophene rings is 1. The zero-order valence-electron chi connectivity index (χ0n) is 11.3. The van der Waals surface area contributed by atoms with Crippen molar-refractivity contribution in [1.29, 1.82) is 0 Å². The summed E-state index contributed by atoms with van der Waals surface area (Å²) in [7, 11) is 0. The smallest absolute Gasteiger partial charge is 0.202 e. The molecule has 0 atom stereocenters. The van der Waals surface area contributed by atoms with Crippen LogP contribution in [0.2, 0.25) is 0 Å². The Morgan fingerprint density at radius 2 is 1.61 bits per heavy atom. The summed E-state index contributed by atoms with van der Waals surface area (Å²) in [5.74, 6) is 0.121. The molecule has 0 N–H and O–H groups in total. The molecule has 0 radical (unpaired) electrons. The van der Waals surface area contributed by atoms with Gasteiger partial charge in [0.25, 0.3) is 0 Å². The lowest BCUT2D eigenvalue weighted by atomic mass is 9.95. The molecule has 1 aromatic heterocycles. The molecule has 0 amide bonds. The van der Waals surface area contributed by atoms with Crippen LogP contribution in [0, 0.1) is 6.92 Å². The lowest BCUT2D eigenvalue weighted by Crippen LogP contribution is -2.07. The molecule has 0 aliphatic carbocycles. The van der Waals surface area contributed by atoms with E-state index in [1.165, 1.54) is 10.4 Å². The van der Waals surface area contributed by atoms with Gasteiger partial charge in [0.15, 0.2) is 0 Å². The number of carbonyl (C=O) groups excluding carboxylic acids is 1. The third-order valence-electron chi connectivity index (χ3n) is 2.88. The van der Waals surface area contributed by atoms with Crippen molar-refractivity contribution >= 4 is 17.1 Å². The van der Waals surface area contributed by atoms with E-state index in [0.717, 1.165) is 10.4 Å². The van der Waals surface area contributed by atoms with E-state index in [1.54, 1.807) is 11.3 Å². The number of aryl methyl sites for hydroxylation is 1. The van der Waals surface area contributed by atoms with Crippen LogP contribution >= 0.6 is 11.3 Å². The Balaban J connectivity index is 2.29. The van der Waals surface area contributed by atoms with Crippen LogP contribution in [0.4, 0.5) is 0 Å². The third kappa shape index (κ3) is 2.70. The molecular formula is C16H18OS. The number of ketones is 1. The van der Waals surface area contributed by atoms with E-state index in [-0.39, 0.29) is 11.2 Å².